The van der Waals surface area contributed by atoms with Gasteiger partial charge < -0.3 is 9.47 Å². The molecule has 2 rings (SSSR count). The van der Waals surface area contributed by atoms with Crippen molar-refractivity contribution >= 4 is 11.6 Å². The lowest BCUT2D eigenvalue weighted by Gasteiger charge is -2.09. The van der Waals surface area contributed by atoms with Crippen LogP contribution >= 0.6 is 11.6 Å². The van der Waals surface area contributed by atoms with E-state index in [0.717, 1.165) is 0 Å². The Hall–Kier alpha value is -2.69. The van der Waals surface area contributed by atoms with Crippen LogP contribution in [0.15, 0.2) is 36.4 Å². The van der Waals surface area contributed by atoms with E-state index in [2.05, 4.69) is 0 Å². The van der Waals surface area contributed by atoms with Crippen molar-refractivity contribution in [3.05, 3.63) is 52.5 Å². The molecule has 0 radical (unpaired) electrons. The molecule has 5 heteroatoms. The first kappa shape index (κ1) is 13.7. The number of hydrogen-bond acceptors (Lipinski definition) is 4. The van der Waals surface area contributed by atoms with Crippen molar-refractivity contribution in [1.82, 2.24) is 0 Å². The molecule has 0 fully saturated rings. The largest absolute Gasteiger partial charge is 0.497 e. The van der Waals surface area contributed by atoms with Gasteiger partial charge in [0.1, 0.15) is 17.2 Å². The van der Waals surface area contributed by atoms with Crippen molar-refractivity contribution in [3.63, 3.8) is 0 Å². The lowest BCUT2D eigenvalue weighted by molar-refractivity contribution is 0.409. The maximum Gasteiger partial charge on any atom is 0.146 e. The van der Waals surface area contributed by atoms with Crippen molar-refractivity contribution in [1.29, 1.82) is 10.5 Å². The third-order valence-corrected chi connectivity index (χ3v) is 2.83. The van der Waals surface area contributed by atoms with Crippen molar-refractivity contribution in [2.24, 2.45) is 0 Å². The highest BCUT2D eigenvalue weighted by molar-refractivity contribution is 6.32. The molecule has 0 N–H and O–H groups in total. The number of nitriles is 2. The van der Waals surface area contributed by atoms with Gasteiger partial charge in [-0.15, -0.1) is 0 Å². The Labute approximate surface area is 121 Å². The van der Waals surface area contributed by atoms with Crippen LogP contribution in [0.3, 0.4) is 0 Å². The first-order valence-electron chi connectivity index (χ1n) is 5.63. The highest BCUT2D eigenvalue weighted by Gasteiger charge is 2.07. The van der Waals surface area contributed by atoms with Crippen molar-refractivity contribution < 1.29 is 9.47 Å². The molecule has 98 valence electrons. The summed E-state index contributed by atoms with van der Waals surface area (Å²) in [7, 11) is 1.51. The summed E-state index contributed by atoms with van der Waals surface area (Å²) in [6.07, 6.45) is 0. The van der Waals surface area contributed by atoms with Gasteiger partial charge in [0.25, 0.3) is 0 Å². The van der Waals surface area contributed by atoms with E-state index in [0.29, 0.717) is 33.4 Å². The van der Waals surface area contributed by atoms with E-state index in [1.165, 1.54) is 13.2 Å². The van der Waals surface area contributed by atoms with Gasteiger partial charge in [-0.25, -0.2) is 0 Å². The van der Waals surface area contributed by atoms with Crippen LogP contribution in [0.5, 0.6) is 17.2 Å². The Morgan fingerprint density at radius 2 is 1.65 bits per heavy atom. The quantitative estimate of drug-likeness (QED) is 0.858. The van der Waals surface area contributed by atoms with Crippen LogP contribution in [0.4, 0.5) is 0 Å². The SMILES string of the molecule is COc1cc(C#N)cc(Oc2ccc(C#N)cc2Cl)c1. The molecule has 0 spiro atoms. The van der Waals surface area contributed by atoms with Gasteiger partial charge in [-0.3, -0.25) is 0 Å². The molecule has 0 aromatic heterocycles. The summed E-state index contributed by atoms with van der Waals surface area (Å²) in [5.41, 5.74) is 0.870. The van der Waals surface area contributed by atoms with Gasteiger partial charge in [0.15, 0.2) is 0 Å². The Bertz CT molecular complexity index is 730. The second-order valence-corrected chi connectivity index (χ2v) is 4.28. The first-order valence-corrected chi connectivity index (χ1v) is 6.00. The molecule has 20 heavy (non-hydrogen) atoms. The summed E-state index contributed by atoms with van der Waals surface area (Å²) in [5.74, 6) is 1.36. The van der Waals surface area contributed by atoms with Crippen LogP contribution in [0.2, 0.25) is 5.02 Å². The molecule has 0 saturated carbocycles. The van der Waals surface area contributed by atoms with Crippen LogP contribution in [-0.4, -0.2) is 7.11 Å². The van der Waals surface area contributed by atoms with E-state index in [1.54, 1.807) is 30.3 Å². The molecular weight excluding hydrogens is 276 g/mol. The molecule has 2 aromatic carbocycles. The molecule has 0 aliphatic carbocycles. The highest BCUT2D eigenvalue weighted by atomic mass is 35.5. The summed E-state index contributed by atoms with van der Waals surface area (Å²) < 4.78 is 10.7. The average Bonchev–Trinajstić information content (AvgIpc) is 2.48. The van der Waals surface area contributed by atoms with E-state index < -0.39 is 0 Å². The Kier molecular flexibility index (Phi) is 4.10. The number of hydrogen-bond donors (Lipinski definition) is 0. The number of benzene rings is 2. The number of halogens is 1. The Morgan fingerprint density at radius 3 is 2.25 bits per heavy atom. The Balaban J connectivity index is 2.35. The standard InChI is InChI=1S/C15H9ClN2O2/c1-19-12-4-11(9-18)5-13(7-12)20-15-3-2-10(8-17)6-14(15)16/h2-7H,1H3. The van der Waals surface area contributed by atoms with Gasteiger partial charge in [0, 0.05) is 6.07 Å². The maximum absolute atomic E-state index is 8.95. The molecule has 4 nitrogen and oxygen atoms in total. The normalized spacial score (nSPS) is 9.40. The molecule has 0 aliphatic heterocycles. The summed E-state index contributed by atoms with van der Waals surface area (Å²) in [4.78, 5) is 0. The lowest BCUT2D eigenvalue weighted by Crippen LogP contribution is -1.90. The topological polar surface area (TPSA) is 66.0 Å². The molecule has 0 bridgehead atoms. The summed E-state index contributed by atoms with van der Waals surface area (Å²) in [6.45, 7) is 0. The minimum Gasteiger partial charge on any atom is -0.497 e. The fraction of sp³-hybridized carbons (Fsp3) is 0.0667. The average molecular weight is 285 g/mol. The highest BCUT2D eigenvalue weighted by Crippen LogP contribution is 2.32. The molecule has 2 aromatic rings. The molecule has 0 heterocycles. The number of nitrogens with zero attached hydrogens (tertiary/aromatic N) is 2. The van der Waals surface area contributed by atoms with Crippen LogP contribution in [0.1, 0.15) is 11.1 Å². The van der Waals surface area contributed by atoms with E-state index >= 15 is 0 Å². The predicted molar refractivity (Wildman–Crippen MR) is 74.0 cm³/mol. The van der Waals surface area contributed by atoms with Crippen LogP contribution in [0.25, 0.3) is 0 Å². The zero-order valence-electron chi connectivity index (χ0n) is 10.6. The minimum absolute atomic E-state index is 0.324. The van der Waals surface area contributed by atoms with Crippen LogP contribution < -0.4 is 9.47 Å². The second kappa shape index (κ2) is 5.97. The number of methoxy groups -OCH3 is 1. The van der Waals surface area contributed by atoms with E-state index in [4.69, 9.17) is 31.6 Å². The first-order chi connectivity index (χ1) is 9.66. The fourth-order valence-corrected chi connectivity index (χ4v) is 1.81. The van der Waals surface area contributed by atoms with E-state index in [-0.39, 0.29) is 0 Å². The predicted octanol–water partition coefficient (Wildman–Crippen LogP) is 3.88. The van der Waals surface area contributed by atoms with Gasteiger partial charge in [0.05, 0.1) is 35.4 Å². The lowest BCUT2D eigenvalue weighted by atomic mass is 10.2. The van der Waals surface area contributed by atoms with Crippen molar-refractivity contribution in [3.8, 4) is 29.4 Å². The van der Waals surface area contributed by atoms with E-state index in [1.807, 2.05) is 12.1 Å². The summed E-state index contributed by atoms with van der Waals surface area (Å²) in [6, 6.07) is 13.6. The van der Waals surface area contributed by atoms with E-state index in [9.17, 15) is 0 Å². The molecule has 0 amide bonds. The van der Waals surface area contributed by atoms with Gasteiger partial charge in [0.2, 0.25) is 0 Å². The zero-order chi connectivity index (χ0) is 14.5. The third-order valence-electron chi connectivity index (χ3n) is 2.53. The summed E-state index contributed by atoms with van der Waals surface area (Å²) >= 11 is 6.03. The zero-order valence-corrected chi connectivity index (χ0v) is 11.3. The molecule has 0 aliphatic rings. The maximum atomic E-state index is 8.95. The molecule has 0 saturated heterocycles. The number of ether oxygens (including phenoxy) is 2. The molecule has 0 unspecified atom stereocenters. The fourth-order valence-electron chi connectivity index (χ4n) is 1.59. The van der Waals surface area contributed by atoms with Gasteiger partial charge in [-0.1, -0.05) is 11.6 Å². The van der Waals surface area contributed by atoms with Crippen molar-refractivity contribution in [2.45, 2.75) is 0 Å². The minimum atomic E-state index is 0.324. The van der Waals surface area contributed by atoms with Gasteiger partial charge >= 0.3 is 0 Å². The number of rotatable bonds is 3. The smallest absolute Gasteiger partial charge is 0.146 e. The summed E-state index contributed by atoms with van der Waals surface area (Å²) in [5, 5.41) is 18.0. The van der Waals surface area contributed by atoms with Gasteiger partial charge in [-0.05, 0) is 30.3 Å². The second-order valence-electron chi connectivity index (χ2n) is 3.87. The molecule has 0 atom stereocenters. The van der Waals surface area contributed by atoms with Crippen LogP contribution in [-0.2, 0) is 0 Å². The Morgan fingerprint density at radius 1 is 0.950 bits per heavy atom. The molecular formula is C15H9ClN2O2. The van der Waals surface area contributed by atoms with Crippen LogP contribution in [0, 0.1) is 22.7 Å². The van der Waals surface area contributed by atoms with Gasteiger partial charge in [-0.2, -0.15) is 10.5 Å². The monoisotopic (exact) mass is 284 g/mol. The van der Waals surface area contributed by atoms with Crippen molar-refractivity contribution in [2.75, 3.05) is 7.11 Å². The third kappa shape index (κ3) is 3.00.